The first-order chi connectivity index (χ1) is 17.3. The van der Waals surface area contributed by atoms with Crippen molar-refractivity contribution in [2.75, 3.05) is 26.0 Å². The van der Waals surface area contributed by atoms with Gasteiger partial charge in [-0.3, -0.25) is 9.59 Å². The lowest BCUT2D eigenvalue weighted by atomic mass is 10.1. The standard InChI is InChI=1S/C29H30N4O3/c1-19-14-20(2)27(21(3)15-19)30-26(34)18-32(4)29(35)25-17-33(23-11-7-6-8-12-23)31-28(25)22-10-9-13-24(16-22)36-5/h6-17H,18H2,1-5H3,(H,30,34). The van der Waals surface area contributed by atoms with Crippen molar-refractivity contribution >= 4 is 17.5 Å². The second kappa shape index (κ2) is 10.5. The van der Waals surface area contributed by atoms with Gasteiger partial charge in [-0.05, 0) is 56.2 Å². The molecule has 36 heavy (non-hydrogen) atoms. The van der Waals surface area contributed by atoms with Gasteiger partial charge < -0.3 is 15.0 Å². The number of carbonyl (C=O) groups is 2. The molecule has 1 aromatic heterocycles. The highest BCUT2D eigenvalue weighted by Gasteiger charge is 2.23. The molecule has 0 saturated carbocycles. The van der Waals surface area contributed by atoms with Gasteiger partial charge in [0.05, 0.1) is 24.9 Å². The van der Waals surface area contributed by atoms with Crippen LogP contribution >= 0.6 is 0 Å². The third-order valence-electron chi connectivity index (χ3n) is 5.98. The molecule has 0 saturated heterocycles. The van der Waals surface area contributed by atoms with Gasteiger partial charge in [-0.1, -0.05) is 48.0 Å². The van der Waals surface area contributed by atoms with E-state index in [0.717, 1.165) is 33.6 Å². The van der Waals surface area contributed by atoms with E-state index in [1.165, 1.54) is 4.90 Å². The fraction of sp³-hybridized carbons (Fsp3) is 0.207. The normalized spacial score (nSPS) is 10.7. The van der Waals surface area contributed by atoms with E-state index < -0.39 is 0 Å². The number of anilines is 1. The molecule has 0 unspecified atom stereocenters. The Morgan fingerprint density at radius 3 is 2.33 bits per heavy atom. The zero-order valence-corrected chi connectivity index (χ0v) is 21.2. The highest BCUT2D eigenvalue weighted by molar-refractivity contribution is 6.03. The Morgan fingerprint density at radius 2 is 1.67 bits per heavy atom. The number of hydrogen-bond acceptors (Lipinski definition) is 4. The minimum atomic E-state index is -0.303. The molecule has 0 aliphatic carbocycles. The molecule has 184 valence electrons. The van der Waals surface area contributed by atoms with Crippen molar-refractivity contribution in [3.8, 4) is 22.7 Å². The molecule has 0 bridgehead atoms. The first-order valence-corrected chi connectivity index (χ1v) is 11.7. The lowest BCUT2D eigenvalue weighted by Gasteiger charge is -2.18. The average molecular weight is 483 g/mol. The maximum Gasteiger partial charge on any atom is 0.257 e. The maximum absolute atomic E-state index is 13.6. The first kappa shape index (κ1) is 24.7. The molecule has 0 spiro atoms. The van der Waals surface area contributed by atoms with Gasteiger partial charge in [0.25, 0.3) is 5.91 Å². The Hall–Kier alpha value is -4.39. The highest BCUT2D eigenvalue weighted by Crippen LogP contribution is 2.28. The van der Waals surface area contributed by atoms with Crippen LogP contribution in [0.5, 0.6) is 5.75 Å². The number of nitrogens with zero attached hydrogens (tertiary/aromatic N) is 3. The number of ether oxygens (including phenoxy) is 1. The van der Waals surface area contributed by atoms with E-state index in [1.807, 2.05) is 87.5 Å². The van der Waals surface area contributed by atoms with Crippen LogP contribution in [-0.4, -0.2) is 47.2 Å². The predicted molar refractivity (Wildman–Crippen MR) is 142 cm³/mol. The van der Waals surface area contributed by atoms with Crippen molar-refractivity contribution in [2.45, 2.75) is 20.8 Å². The molecule has 0 fully saturated rings. The smallest absolute Gasteiger partial charge is 0.257 e. The second-order valence-corrected chi connectivity index (χ2v) is 8.89. The average Bonchev–Trinajstić information content (AvgIpc) is 3.32. The molecule has 1 N–H and O–H groups in total. The van der Waals surface area contributed by atoms with E-state index in [0.29, 0.717) is 17.0 Å². The van der Waals surface area contributed by atoms with Crippen molar-refractivity contribution in [1.82, 2.24) is 14.7 Å². The number of nitrogens with one attached hydrogen (secondary N) is 1. The molecule has 7 heteroatoms. The van der Waals surface area contributed by atoms with Gasteiger partial charge in [0.15, 0.2) is 0 Å². The Morgan fingerprint density at radius 1 is 0.972 bits per heavy atom. The summed E-state index contributed by atoms with van der Waals surface area (Å²) in [7, 11) is 3.21. The van der Waals surface area contributed by atoms with Crippen molar-refractivity contribution in [2.24, 2.45) is 0 Å². The number of para-hydroxylation sites is 1. The van der Waals surface area contributed by atoms with Crippen LogP contribution < -0.4 is 10.1 Å². The quantitative estimate of drug-likeness (QED) is 0.394. The summed E-state index contributed by atoms with van der Waals surface area (Å²) in [5, 5.41) is 7.69. The number of rotatable bonds is 7. The van der Waals surface area contributed by atoms with Crippen molar-refractivity contribution in [3.63, 3.8) is 0 Å². The fourth-order valence-electron chi connectivity index (χ4n) is 4.28. The first-order valence-electron chi connectivity index (χ1n) is 11.7. The van der Waals surface area contributed by atoms with E-state index in [4.69, 9.17) is 9.84 Å². The Labute approximate surface area is 211 Å². The molecule has 4 rings (SSSR count). The Bertz CT molecular complexity index is 1390. The molecule has 4 aromatic rings. The van der Waals surface area contributed by atoms with Gasteiger partial charge in [-0.2, -0.15) is 5.10 Å². The number of carbonyl (C=O) groups excluding carboxylic acids is 2. The van der Waals surface area contributed by atoms with Crippen LogP contribution in [0.1, 0.15) is 27.0 Å². The summed E-state index contributed by atoms with van der Waals surface area (Å²) < 4.78 is 7.04. The molecule has 0 aliphatic rings. The van der Waals surface area contributed by atoms with Crippen molar-refractivity contribution in [1.29, 1.82) is 0 Å². The third kappa shape index (κ3) is 5.30. The summed E-state index contributed by atoms with van der Waals surface area (Å²) in [5.41, 5.74) is 6.36. The van der Waals surface area contributed by atoms with Crippen LogP contribution in [0.15, 0.2) is 72.9 Å². The molecular weight excluding hydrogens is 452 g/mol. The summed E-state index contributed by atoms with van der Waals surface area (Å²) in [6.07, 6.45) is 1.70. The number of methoxy groups -OCH3 is 1. The second-order valence-electron chi connectivity index (χ2n) is 8.89. The molecule has 3 aromatic carbocycles. The van der Waals surface area contributed by atoms with E-state index in [1.54, 1.807) is 25.0 Å². The van der Waals surface area contributed by atoms with Crippen LogP contribution in [0.25, 0.3) is 16.9 Å². The lowest BCUT2D eigenvalue weighted by Crippen LogP contribution is -2.35. The third-order valence-corrected chi connectivity index (χ3v) is 5.98. The molecule has 2 amide bonds. The van der Waals surface area contributed by atoms with E-state index in [-0.39, 0.29) is 18.4 Å². The number of hydrogen-bond donors (Lipinski definition) is 1. The largest absolute Gasteiger partial charge is 0.497 e. The fourth-order valence-corrected chi connectivity index (χ4v) is 4.28. The number of benzene rings is 3. The van der Waals surface area contributed by atoms with Gasteiger partial charge in [-0.25, -0.2) is 4.68 Å². The zero-order chi connectivity index (χ0) is 25.8. The summed E-state index contributed by atoms with van der Waals surface area (Å²) in [5.74, 6) is 0.0958. The molecular formula is C29H30N4O3. The summed E-state index contributed by atoms with van der Waals surface area (Å²) in [4.78, 5) is 27.8. The minimum absolute atomic E-state index is 0.0976. The van der Waals surface area contributed by atoms with Crippen LogP contribution in [0.2, 0.25) is 0 Å². The Kier molecular flexibility index (Phi) is 7.20. The molecule has 7 nitrogen and oxygen atoms in total. The van der Waals surface area contributed by atoms with Crippen LogP contribution in [0.4, 0.5) is 5.69 Å². The van der Waals surface area contributed by atoms with E-state index in [9.17, 15) is 9.59 Å². The Balaban J connectivity index is 1.62. The summed E-state index contributed by atoms with van der Waals surface area (Å²) in [6, 6.07) is 21.0. The summed E-state index contributed by atoms with van der Waals surface area (Å²) in [6.45, 7) is 5.85. The zero-order valence-electron chi connectivity index (χ0n) is 21.2. The van der Waals surface area contributed by atoms with Gasteiger partial charge in [0.1, 0.15) is 11.4 Å². The maximum atomic E-state index is 13.6. The van der Waals surface area contributed by atoms with Gasteiger partial charge in [-0.15, -0.1) is 0 Å². The highest BCUT2D eigenvalue weighted by atomic mass is 16.5. The monoisotopic (exact) mass is 482 g/mol. The number of likely N-dealkylation sites (N-methyl/N-ethyl adjacent to an activating group) is 1. The van der Waals surface area contributed by atoms with Gasteiger partial charge >= 0.3 is 0 Å². The van der Waals surface area contributed by atoms with Gasteiger partial charge in [0.2, 0.25) is 5.91 Å². The molecule has 0 aliphatic heterocycles. The lowest BCUT2D eigenvalue weighted by molar-refractivity contribution is -0.116. The molecule has 0 radical (unpaired) electrons. The number of aromatic nitrogens is 2. The van der Waals surface area contributed by atoms with E-state index >= 15 is 0 Å². The minimum Gasteiger partial charge on any atom is -0.497 e. The number of amides is 2. The van der Waals surface area contributed by atoms with Gasteiger partial charge in [0, 0.05) is 24.5 Å². The van der Waals surface area contributed by atoms with Crippen LogP contribution in [0, 0.1) is 20.8 Å². The summed E-state index contributed by atoms with van der Waals surface area (Å²) >= 11 is 0. The van der Waals surface area contributed by atoms with Crippen molar-refractivity contribution in [3.05, 3.63) is 95.2 Å². The van der Waals surface area contributed by atoms with Crippen LogP contribution in [0.3, 0.4) is 0 Å². The molecule has 0 atom stereocenters. The predicted octanol–water partition coefficient (Wildman–Crippen LogP) is 5.18. The van der Waals surface area contributed by atoms with Crippen LogP contribution in [-0.2, 0) is 4.79 Å². The van der Waals surface area contributed by atoms with Crippen molar-refractivity contribution < 1.29 is 14.3 Å². The topological polar surface area (TPSA) is 76.5 Å². The molecule has 1 heterocycles. The number of aryl methyl sites for hydroxylation is 3. The SMILES string of the molecule is COc1cccc(-c2nn(-c3ccccc3)cc2C(=O)N(C)CC(=O)Nc2c(C)cc(C)cc2C)c1. The van der Waals surface area contributed by atoms with E-state index in [2.05, 4.69) is 5.32 Å².